The van der Waals surface area contributed by atoms with Crippen LogP contribution in [0, 0.1) is 0 Å². The number of aliphatic carboxylic acids is 1. The molecule has 0 radical (unpaired) electrons. The van der Waals surface area contributed by atoms with E-state index in [0.717, 1.165) is 0 Å². The third kappa shape index (κ3) is 2.36. The van der Waals surface area contributed by atoms with Crippen molar-refractivity contribution in [3.63, 3.8) is 0 Å². The second-order valence-corrected chi connectivity index (χ2v) is 2.37. The van der Waals surface area contributed by atoms with E-state index in [-0.39, 0.29) is 30.1 Å². The van der Waals surface area contributed by atoms with Crippen LogP contribution in [0.15, 0.2) is 30.3 Å². The Balaban J connectivity index is 3.00. The molecule has 0 amide bonds. The summed E-state index contributed by atoms with van der Waals surface area (Å²) in [4.78, 5) is 10.5. The van der Waals surface area contributed by atoms with E-state index in [1.807, 2.05) is 0 Å². The highest BCUT2D eigenvalue weighted by atomic mass is 16.4. The lowest BCUT2D eigenvalue weighted by atomic mass is 10.1. The van der Waals surface area contributed by atoms with Gasteiger partial charge in [0.2, 0.25) is 0 Å². The van der Waals surface area contributed by atoms with Gasteiger partial charge in [-0.1, -0.05) is 30.3 Å². The van der Waals surface area contributed by atoms with E-state index in [0.29, 0.717) is 0 Å². The molecule has 1 aromatic carbocycles. The van der Waals surface area contributed by atoms with Crippen LogP contribution in [-0.2, 0) is 11.2 Å². The van der Waals surface area contributed by atoms with Crippen molar-refractivity contribution in [1.82, 2.24) is 0 Å². The zero-order chi connectivity index (χ0) is 11.6. The molecule has 0 spiro atoms. The Bertz CT molecular complexity index is 372. The van der Waals surface area contributed by atoms with Crippen LogP contribution < -0.4 is 5.73 Å². The highest BCUT2D eigenvalue weighted by Gasteiger charge is 2.10. The van der Waals surface area contributed by atoms with Gasteiger partial charge in [0.25, 0.3) is 0 Å². The van der Waals surface area contributed by atoms with Crippen molar-refractivity contribution in [1.29, 1.82) is 0 Å². The molecule has 0 aliphatic rings. The topological polar surface area (TPSA) is 63.3 Å². The zero-order valence-corrected chi connectivity index (χ0v) is 6.37. The smallest absolute Gasteiger partial charge is 0.320 e. The van der Waals surface area contributed by atoms with Crippen LogP contribution in [0.25, 0.3) is 0 Å². The summed E-state index contributed by atoms with van der Waals surface area (Å²) in [6.07, 6.45) is -0.0622. The van der Waals surface area contributed by atoms with Gasteiger partial charge in [-0.25, -0.2) is 0 Å². The molecule has 0 aliphatic carbocycles. The van der Waals surface area contributed by atoms with Crippen LogP contribution in [-0.4, -0.2) is 17.1 Å². The summed E-state index contributed by atoms with van der Waals surface area (Å²) in [5.74, 6) is -1.16. The number of benzene rings is 1. The first-order valence-corrected chi connectivity index (χ1v) is 3.47. The van der Waals surface area contributed by atoms with Crippen molar-refractivity contribution < 1.29 is 14.0 Å². The quantitative estimate of drug-likeness (QED) is 0.696. The van der Waals surface area contributed by atoms with Gasteiger partial charge >= 0.3 is 5.97 Å². The molecule has 0 saturated heterocycles. The number of hydrogen-bond donors (Lipinski definition) is 2. The minimum Gasteiger partial charge on any atom is -0.480 e. The summed E-state index contributed by atoms with van der Waals surface area (Å²) in [6.45, 7) is 0. The lowest BCUT2D eigenvalue weighted by Gasteiger charge is -2.04. The Morgan fingerprint density at radius 2 is 2.25 bits per heavy atom. The van der Waals surface area contributed by atoms with Gasteiger partial charge in [-0.2, -0.15) is 0 Å². The molecule has 1 rings (SSSR count). The van der Waals surface area contributed by atoms with E-state index in [4.69, 9.17) is 15.0 Å². The normalized spacial score (nSPS) is 15.9. The van der Waals surface area contributed by atoms with Crippen LogP contribution in [0.4, 0.5) is 0 Å². The van der Waals surface area contributed by atoms with Crippen molar-refractivity contribution in [2.24, 2.45) is 5.73 Å². The van der Waals surface area contributed by atoms with Gasteiger partial charge in [0, 0.05) is 0 Å². The fraction of sp³-hybridized carbons (Fsp3) is 0.222. The lowest BCUT2D eigenvalue weighted by Crippen LogP contribution is -2.32. The van der Waals surface area contributed by atoms with Gasteiger partial charge < -0.3 is 10.8 Å². The highest BCUT2D eigenvalue weighted by Crippen LogP contribution is 2.01. The Hall–Kier alpha value is -1.35. The molecule has 3 nitrogen and oxygen atoms in total. The number of nitrogens with two attached hydrogens (primary N) is 1. The molecule has 0 bridgehead atoms. The van der Waals surface area contributed by atoms with Crippen LogP contribution in [0.1, 0.15) is 9.68 Å². The average Bonchev–Trinajstić information content (AvgIpc) is 2.10. The van der Waals surface area contributed by atoms with Gasteiger partial charge in [-0.15, -0.1) is 0 Å². The molecule has 0 saturated carbocycles. The third-order valence-corrected chi connectivity index (χ3v) is 1.40. The predicted molar refractivity (Wildman–Crippen MR) is 45.8 cm³/mol. The van der Waals surface area contributed by atoms with Crippen molar-refractivity contribution >= 4 is 5.97 Å². The van der Waals surface area contributed by atoms with Crippen molar-refractivity contribution in [2.45, 2.75) is 12.5 Å². The maximum atomic E-state index is 10.5. The second-order valence-electron chi connectivity index (χ2n) is 2.37. The van der Waals surface area contributed by atoms with E-state index < -0.39 is 12.0 Å². The minimum absolute atomic E-state index is 0.01000. The molecule has 0 aliphatic heterocycles. The molecular formula is C9H11NO2. The van der Waals surface area contributed by atoms with Gasteiger partial charge in [-0.05, 0) is 12.0 Å². The van der Waals surface area contributed by atoms with Crippen molar-refractivity contribution in [3.8, 4) is 0 Å². The molecule has 0 unspecified atom stereocenters. The Morgan fingerprint density at radius 1 is 1.67 bits per heavy atom. The lowest BCUT2D eigenvalue weighted by molar-refractivity contribution is -0.138. The summed E-state index contributed by atoms with van der Waals surface area (Å²) >= 11 is 0. The molecule has 12 heavy (non-hydrogen) atoms. The van der Waals surface area contributed by atoms with Crippen LogP contribution in [0.3, 0.4) is 0 Å². The summed E-state index contributed by atoms with van der Waals surface area (Å²) in [5, 5.41) is 8.60. The van der Waals surface area contributed by atoms with Gasteiger partial charge in [0.15, 0.2) is 0 Å². The molecular weight excluding hydrogens is 154 g/mol. The van der Waals surface area contributed by atoms with E-state index >= 15 is 0 Å². The Labute approximate surface area is 75.0 Å². The molecule has 64 valence electrons. The number of rotatable bonds is 3. The fourth-order valence-electron chi connectivity index (χ4n) is 0.766. The second kappa shape index (κ2) is 3.88. The summed E-state index contributed by atoms with van der Waals surface area (Å²) < 4.78 is 22.2. The summed E-state index contributed by atoms with van der Waals surface area (Å²) in [5.41, 5.74) is 5.58. The fourth-order valence-corrected chi connectivity index (χ4v) is 0.766. The molecule has 0 heterocycles. The van der Waals surface area contributed by atoms with Gasteiger partial charge in [0.05, 0.1) is 4.11 Å². The summed E-state index contributed by atoms with van der Waals surface area (Å²) in [6, 6.07) is 1.46. The number of carboxylic acids is 1. The Kier molecular flexibility index (Phi) is 1.72. The van der Waals surface area contributed by atoms with E-state index in [2.05, 4.69) is 0 Å². The average molecular weight is 168 g/mol. The predicted octanol–water partition coefficient (Wildman–Crippen LogP) is 0.641. The molecule has 1 atom stereocenters. The standard InChI is InChI=1S/C9H11NO2/c10-8(9(11)12)6-7-4-2-1-3-5-7/h1-5,8H,6,10H2,(H,11,12)/t8-/m0/s1/i1D,4D,5D. The first-order chi connectivity index (χ1) is 6.91. The molecule has 3 N–H and O–H groups in total. The van der Waals surface area contributed by atoms with Gasteiger partial charge in [-0.3, -0.25) is 4.79 Å². The maximum Gasteiger partial charge on any atom is 0.320 e. The van der Waals surface area contributed by atoms with E-state index in [9.17, 15) is 4.79 Å². The van der Waals surface area contributed by atoms with E-state index in [1.165, 1.54) is 12.1 Å². The SMILES string of the molecule is [2H]c1cc([2H])c(C[C@H](N)C(=O)O)c([2H])c1. The number of carbonyl (C=O) groups is 1. The monoisotopic (exact) mass is 168 g/mol. The Morgan fingerprint density at radius 3 is 2.75 bits per heavy atom. The van der Waals surface area contributed by atoms with Gasteiger partial charge in [0.1, 0.15) is 6.04 Å². The third-order valence-electron chi connectivity index (χ3n) is 1.40. The highest BCUT2D eigenvalue weighted by molar-refractivity contribution is 5.73. The molecule has 0 fully saturated rings. The number of hydrogen-bond acceptors (Lipinski definition) is 2. The molecule has 0 aromatic heterocycles. The van der Waals surface area contributed by atoms with Crippen molar-refractivity contribution in [2.75, 3.05) is 0 Å². The maximum absolute atomic E-state index is 10.5. The van der Waals surface area contributed by atoms with E-state index in [1.54, 1.807) is 0 Å². The number of carboxylic acid groups (broad SMARTS) is 1. The molecule has 1 aromatic rings. The molecule has 3 heteroatoms. The first-order valence-electron chi connectivity index (χ1n) is 4.97. The minimum atomic E-state index is -1.16. The summed E-state index contributed by atoms with van der Waals surface area (Å²) in [7, 11) is 0. The first kappa shape index (κ1) is 5.32. The van der Waals surface area contributed by atoms with Crippen molar-refractivity contribution in [3.05, 3.63) is 35.8 Å². The largest absolute Gasteiger partial charge is 0.480 e. The van der Waals surface area contributed by atoms with Crippen LogP contribution in [0.2, 0.25) is 0 Å². The van der Waals surface area contributed by atoms with Crippen LogP contribution in [0.5, 0.6) is 0 Å². The van der Waals surface area contributed by atoms with Crippen LogP contribution >= 0.6 is 0 Å². The zero-order valence-electron chi connectivity index (χ0n) is 9.37.